The van der Waals surface area contributed by atoms with E-state index in [0.29, 0.717) is 33.4 Å². The number of amides is 1. The van der Waals surface area contributed by atoms with E-state index in [2.05, 4.69) is 15.0 Å². The van der Waals surface area contributed by atoms with Gasteiger partial charge in [0.25, 0.3) is 5.91 Å². The number of nitrogen functional groups attached to an aromatic ring is 1. The average molecular weight is 344 g/mol. The Labute approximate surface area is 142 Å². The van der Waals surface area contributed by atoms with Gasteiger partial charge in [-0.3, -0.25) is 4.79 Å². The number of rotatable bonds is 4. The van der Waals surface area contributed by atoms with E-state index in [-0.39, 0.29) is 11.5 Å². The van der Waals surface area contributed by atoms with E-state index in [4.69, 9.17) is 27.8 Å². The van der Waals surface area contributed by atoms with Crippen LogP contribution in [0.3, 0.4) is 0 Å². The molecule has 7 nitrogen and oxygen atoms in total. The van der Waals surface area contributed by atoms with Crippen LogP contribution in [0.5, 0.6) is 5.75 Å². The molecule has 0 atom stereocenters. The second-order valence-corrected chi connectivity index (χ2v) is 5.39. The monoisotopic (exact) mass is 343 g/mol. The van der Waals surface area contributed by atoms with Crippen LogP contribution in [0.25, 0.3) is 22.6 Å². The summed E-state index contributed by atoms with van der Waals surface area (Å²) in [5.41, 5.74) is 13.6. The van der Waals surface area contributed by atoms with E-state index < -0.39 is 5.91 Å². The van der Waals surface area contributed by atoms with Gasteiger partial charge in [0.05, 0.1) is 34.8 Å². The second-order valence-electron chi connectivity index (χ2n) is 4.98. The molecule has 122 valence electrons. The van der Waals surface area contributed by atoms with Crippen molar-refractivity contribution >= 4 is 23.5 Å². The molecular weight excluding hydrogens is 330 g/mol. The third-order valence-corrected chi connectivity index (χ3v) is 3.81. The van der Waals surface area contributed by atoms with E-state index in [0.717, 1.165) is 0 Å². The first-order valence-corrected chi connectivity index (χ1v) is 7.33. The van der Waals surface area contributed by atoms with Crippen molar-refractivity contribution in [2.24, 2.45) is 5.73 Å². The lowest BCUT2D eigenvalue weighted by Crippen LogP contribution is -2.11. The Morgan fingerprint density at radius 2 is 2.08 bits per heavy atom. The molecule has 0 aliphatic heterocycles. The van der Waals surface area contributed by atoms with Crippen LogP contribution >= 0.6 is 11.6 Å². The van der Waals surface area contributed by atoms with Gasteiger partial charge in [-0.05, 0) is 30.3 Å². The van der Waals surface area contributed by atoms with Crippen LogP contribution in [-0.2, 0) is 0 Å². The Hall–Kier alpha value is -3.06. The molecule has 5 N–H and O–H groups in total. The summed E-state index contributed by atoms with van der Waals surface area (Å²) in [7, 11) is 1.55. The Balaban J connectivity index is 2.19. The lowest BCUT2D eigenvalue weighted by atomic mass is 10.1. The molecule has 1 aromatic carbocycles. The Kier molecular flexibility index (Phi) is 4.09. The molecule has 0 radical (unpaired) electrons. The SMILES string of the molecule is COc1ccc(Cl)c(-c2[nH]c(-c3ccnc(N)n3)cc2C(N)=O)c1. The van der Waals surface area contributed by atoms with Gasteiger partial charge in [-0.25, -0.2) is 9.97 Å². The van der Waals surface area contributed by atoms with E-state index in [9.17, 15) is 4.79 Å². The van der Waals surface area contributed by atoms with Crippen molar-refractivity contribution < 1.29 is 9.53 Å². The molecule has 0 saturated carbocycles. The molecule has 3 aromatic rings. The first kappa shape index (κ1) is 15.8. The minimum absolute atomic E-state index is 0.128. The first-order chi connectivity index (χ1) is 11.5. The molecule has 0 aliphatic rings. The van der Waals surface area contributed by atoms with Crippen LogP contribution in [0.4, 0.5) is 5.95 Å². The number of nitrogens with one attached hydrogen (secondary N) is 1. The molecular formula is C16H14ClN5O2. The van der Waals surface area contributed by atoms with Crippen molar-refractivity contribution in [1.29, 1.82) is 0 Å². The number of anilines is 1. The molecule has 24 heavy (non-hydrogen) atoms. The number of methoxy groups -OCH3 is 1. The topological polar surface area (TPSA) is 120 Å². The maximum atomic E-state index is 11.8. The van der Waals surface area contributed by atoms with E-state index in [1.165, 1.54) is 6.20 Å². The van der Waals surface area contributed by atoms with Crippen LogP contribution in [0.1, 0.15) is 10.4 Å². The number of halogens is 1. The van der Waals surface area contributed by atoms with Gasteiger partial charge < -0.3 is 21.2 Å². The molecule has 2 heterocycles. The fraction of sp³-hybridized carbons (Fsp3) is 0.0625. The number of carbonyl (C=O) groups is 1. The van der Waals surface area contributed by atoms with Crippen LogP contribution in [-0.4, -0.2) is 28.0 Å². The van der Waals surface area contributed by atoms with Gasteiger partial charge in [0.1, 0.15) is 5.75 Å². The molecule has 2 aromatic heterocycles. The molecule has 0 saturated heterocycles. The fourth-order valence-corrected chi connectivity index (χ4v) is 2.56. The highest BCUT2D eigenvalue weighted by atomic mass is 35.5. The summed E-state index contributed by atoms with van der Waals surface area (Å²) in [5, 5.41) is 0.453. The third kappa shape index (κ3) is 2.89. The predicted molar refractivity (Wildman–Crippen MR) is 91.7 cm³/mol. The minimum Gasteiger partial charge on any atom is -0.497 e. The number of H-pyrrole nitrogens is 1. The van der Waals surface area contributed by atoms with Gasteiger partial charge in [0.2, 0.25) is 5.95 Å². The van der Waals surface area contributed by atoms with Gasteiger partial charge in [-0.2, -0.15) is 0 Å². The molecule has 0 unspecified atom stereocenters. The summed E-state index contributed by atoms with van der Waals surface area (Å²) >= 11 is 6.27. The molecule has 0 bridgehead atoms. The average Bonchev–Trinajstić information content (AvgIpc) is 3.01. The van der Waals surface area contributed by atoms with Crippen LogP contribution in [0.2, 0.25) is 5.02 Å². The molecule has 8 heteroatoms. The lowest BCUT2D eigenvalue weighted by molar-refractivity contribution is 0.100. The number of hydrogen-bond acceptors (Lipinski definition) is 5. The second kappa shape index (κ2) is 6.21. The van der Waals surface area contributed by atoms with Gasteiger partial charge in [-0.1, -0.05) is 11.6 Å². The largest absolute Gasteiger partial charge is 0.497 e. The van der Waals surface area contributed by atoms with Crippen molar-refractivity contribution in [2.75, 3.05) is 12.8 Å². The highest BCUT2D eigenvalue weighted by Gasteiger charge is 2.19. The molecule has 0 aliphatic carbocycles. The number of benzene rings is 1. The zero-order valence-corrected chi connectivity index (χ0v) is 13.5. The summed E-state index contributed by atoms with van der Waals surface area (Å²) in [6.45, 7) is 0. The first-order valence-electron chi connectivity index (χ1n) is 6.95. The molecule has 0 spiro atoms. The molecule has 0 fully saturated rings. The number of hydrogen-bond donors (Lipinski definition) is 3. The number of carbonyl (C=O) groups excluding carboxylic acids is 1. The maximum absolute atomic E-state index is 11.8. The normalized spacial score (nSPS) is 10.6. The molecule has 3 rings (SSSR count). The summed E-state index contributed by atoms with van der Waals surface area (Å²) in [4.78, 5) is 23.0. The molecule has 1 amide bonds. The summed E-state index contributed by atoms with van der Waals surface area (Å²) < 4.78 is 5.21. The zero-order valence-electron chi connectivity index (χ0n) is 12.7. The minimum atomic E-state index is -0.589. The summed E-state index contributed by atoms with van der Waals surface area (Å²) in [6, 6.07) is 8.41. The predicted octanol–water partition coefficient (Wildman–Crippen LogP) is 2.48. The van der Waals surface area contributed by atoms with Crippen molar-refractivity contribution in [2.45, 2.75) is 0 Å². The van der Waals surface area contributed by atoms with Crippen LogP contribution in [0.15, 0.2) is 36.5 Å². The number of nitrogens with zero attached hydrogens (tertiary/aromatic N) is 2. The Morgan fingerprint density at radius 1 is 1.29 bits per heavy atom. The number of ether oxygens (including phenoxy) is 1. The zero-order chi connectivity index (χ0) is 17.3. The number of aromatic nitrogens is 3. The van der Waals surface area contributed by atoms with Crippen LogP contribution < -0.4 is 16.2 Å². The Bertz CT molecular complexity index is 923. The smallest absolute Gasteiger partial charge is 0.250 e. The third-order valence-electron chi connectivity index (χ3n) is 3.48. The van der Waals surface area contributed by atoms with Crippen molar-refractivity contribution in [3.8, 4) is 28.4 Å². The Morgan fingerprint density at radius 3 is 2.75 bits per heavy atom. The van der Waals surface area contributed by atoms with Gasteiger partial charge in [-0.15, -0.1) is 0 Å². The highest BCUT2D eigenvalue weighted by Crippen LogP contribution is 2.35. The van der Waals surface area contributed by atoms with Gasteiger partial charge in [0, 0.05) is 11.8 Å². The van der Waals surface area contributed by atoms with Crippen molar-refractivity contribution in [1.82, 2.24) is 15.0 Å². The summed E-state index contributed by atoms with van der Waals surface area (Å²) in [6.07, 6.45) is 1.53. The summed E-state index contributed by atoms with van der Waals surface area (Å²) in [5.74, 6) is 0.143. The van der Waals surface area contributed by atoms with Crippen molar-refractivity contribution in [3.63, 3.8) is 0 Å². The standard InChI is InChI=1S/C16H14ClN5O2/c1-24-8-2-3-11(17)9(6-8)14-10(15(18)23)7-13(21-14)12-4-5-20-16(19)22-12/h2-7,21H,1H3,(H2,18,23)(H2,19,20,22). The van der Waals surface area contributed by atoms with E-state index >= 15 is 0 Å². The fourth-order valence-electron chi connectivity index (χ4n) is 2.35. The van der Waals surface area contributed by atoms with Crippen molar-refractivity contribution in [3.05, 3.63) is 47.1 Å². The number of aromatic amines is 1. The number of primary amides is 1. The lowest BCUT2D eigenvalue weighted by Gasteiger charge is -2.07. The van der Waals surface area contributed by atoms with E-state index in [1.54, 1.807) is 37.4 Å². The van der Waals surface area contributed by atoms with Gasteiger partial charge >= 0.3 is 0 Å². The van der Waals surface area contributed by atoms with E-state index in [1.807, 2.05) is 0 Å². The highest BCUT2D eigenvalue weighted by molar-refractivity contribution is 6.33. The quantitative estimate of drug-likeness (QED) is 0.672. The van der Waals surface area contributed by atoms with Gasteiger partial charge in [0.15, 0.2) is 0 Å². The van der Waals surface area contributed by atoms with Crippen LogP contribution in [0, 0.1) is 0 Å². The number of nitrogens with two attached hydrogens (primary N) is 2. The maximum Gasteiger partial charge on any atom is 0.250 e.